The van der Waals surface area contributed by atoms with Crippen molar-refractivity contribution in [1.29, 1.82) is 0 Å². The average molecular weight is 261 g/mol. The van der Waals surface area contributed by atoms with Gasteiger partial charge in [0.2, 0.25) is 0 Å². The smallest absolute Gasteiger partial charge is 0.127 e. The van der Waals surface area contributed by atoms with Crippen LogP contribution in [0.25, 0.3) is 0 Å². The summed E-state index contributed by atoms with van der Waals surface area (Å²) in [7, 11) is 2.26. The van der Waals surface area contributed by atoms with Gasteiger partial charge in [-0.25, -0.2) is 0 Å². The van der Waals surface area contributed by atoms with Crippen LogP contribution in [0.2, 0.25) is 10.0 Å². The first-order chi connectivity index (χ1) is 7.65. The summed E-state index contributed by atoms with van der Waals surface area (Å²) in [5.41, 5.74) is 1.21. The van der Waals surface area contributed by atoms with Crippen molar-refractivity contribution in [1.82, 2.24) is 0 Å². The highest BCUT2D eigenvalue weighted by Crippen LogP contribution is 2.20. The lowest BCUT2D eigenvalue weighted by molar-refractivity contribution is -1.01. The molecule has 2 nitrogen and oxygen atoms in total. The first kappa shape index (κ1) is 12.2. The number of hydrogen-bond acceptors (Lipinski definition) is 0. The predicted molar refractivity (Wildman–Crippen MR) is 67.5 cm³/mol. The molecule has 1 fully saturated rings. The van der Waals surface area contributed by atoms with E-state index in [-0.39, 0.29) is 0 Å². The summed E-state index contributed by atoms with van der Waals surface area (Å²) >= 11 is 12.1. The number of piperazine rings is 1. The maximum absolute atomic E-state index is 6.17. The molecule has 0 bridgehead atoms. The van der Waals surface area contributed by atoms with Crippen molar-refractivity contribution in [2.24, 2.45) is 0 Å². The summed E-state index contributed by atoms with van der Waals surface area (Å²) in [4.78, 5) is 3.25. The third kappa shape index (κ3) is 3.11. The SMILES string of the molecule is C[NH+]1CC[NH+](Cc2ccc(Cl)cc2Cl)CC1. The van der Waals surface area contributed by atoms with Gasteiger partial charge in [0.25, 0.3) is 0 Å². The lowest BCUT2D eigenvalue weighted by Crippen LogP contribution is -3.26. The minimum atomic E-state index is 0.714. The molecule has 0 amide bonds. The molecule has 1 saturated heterocycles. The lowest BCUT2D eigenvalue weighted by atomic mass is 10.2. The number of quaternary nitrogens is 2. The number of benzene rings is 1. The Morgan fingerprint density at radius 1 is 1.12 bits per heavy atom. The molecule has 1 aliphatic rings. The van der Waals surface area contributed by atoms with Gasteiger partial charge in [-0.2, -0.15) is 0 Å². The highest BCUT2D eigenvalue weighted by atomic mass is 35.5. The van der Waals surface area contributed by atoms with Crippen molar-refractivity contribution in [2.75, 3.05) is 33.2 Å². The van der Waals surface area contributed by atoms with Gasteiger partial charge in [0, 0.05) is 10.6 Å². The van der Waals surface area contributed by atoms with Crippen molar-refractivity contribution < 1.29 is 9.80 Å². The summed E-state index contributed by atoms with van der Waals surface area (Å²) in [6, 6.07) is 5.80. The molecule has 0 aliphatic carbocycles. The Hall–Kier alpha value is -0.280. The van der Waals surface area contributed by atoms with Gasteiger partial charge in [-0.3, -0.25) is 0 Å². The molecule has 0 atom stereocenters. The molecule has 0 unspecified atom stereocenters. The van der Waals surface area contributed by atoms with Crippen LogP contribution < -0.4 is 9.80 Å². The zero-order valence-electron chi connectivity index (χ0n) is 9.52. The quantitative estimate of drug-likeness (QED) is 0.736. The van der Waals surface area contributed by atoms with Gasteiger partial charge in [0.1, 0.15) is 32.7 Å². The number of likely N-dealkylation sites (N-methyl/N-ethyl adjacent to an activating group) is 1. The Labute approximate surface area is 107 Å². The van der Waals surface area contributed by atoms with E-state index in [9.17, 15) is 0 Å². The van der Waals surface area contributed by atoms with E-state index >= 15 is 0 Å². The number of hydrogen-bond donors (Lipinski definition) is 2. The average Bonchev–Trinajstić information content (AvgIpc) is 2.25. The maximum atomic E-state index is 6.17. The van der Waals surface area contributed by atoms with Crippen molar-refractivity contribution >= 4 is 23.2 Å². The minimum Gasteiger partial charge on any atom is -0.328 e. The second kappa shape index (κ2) is 5.37. The van der Waals surface area contributed by atoms with Gasteiger partial charge in [0.05, 0.1) is 12.1 Å². The molecule has 1 aromatic carbocycles. The van der Waals surface area contributed by atoms with Crippen LogP contribution in [0, 0.1) is 0 Å². The number of halogens is 2. The van der Waals surface area contributed by atoms with E-state index in [1.807, 2.05) is 18.2 Å². The van der Waals surface area contributed by atoms with Crippen LogP contribution >= 0.6 is 23.2 Å². The molecule has 2 rings (SSSR count). The van der Waals surface area contributed by atoms with Crippen LogP contribution in [-0.2, 0) is 6.54 Å². The van der Waals surface area contributed by atoms with Crippen LogP contribution in [0.5, 0.6) is 0 Å². The van der Waals surface area contributed by atoms with Crippen molar-refractivity contribution in [2.45, 2.75) is 6.54 Å². The molecule has 4 heteroatoms. The molecule has 88 valence electrons. The largest absolute Gasteiger partial charge is 0.328 e. The van der Waals surface area contributed by atoms with E-state index < -0.39 is 0 Å². The third-order valence-electron chi connectivity index (χ3n) is 3.27. The van der Waals surface area contributed by atoms with Gasteiger partial charge in [0.15, 0.2) is 0 Å². The fourth-order valence-corrected chi connectivity index (χ4v) is 2.62. The van der Waals surface area contributed by atoms with E-state index in [0.717, 1.165) is 11.6 Å². The Balaban J connectivity index is 1.98. The van der Waals surface area contributed by atoms with E-state index in [1.165, 1.54) is 31.7 Å². The number of nitrogens with one attached hydrogen (secondary N) is 2. The first-order valence-electron chi connectivity index (χ1n) is 5.74. The highest BCUT2D eigenvalue weighted by molar-refractivity contribution is 6.35. The van der Waals surface area contributed by atoms with E-state index in [4.69, 9.17) is 23.2 Å². The van der Waals surface area contributed by atoms with Gasteiger partial charge in [-0.15, -0.1) is 0 Å². The molecule has 1 aromatic rings. The monoisotopic (exact) mass is 260 g/mol. The van der Waals surface area contributed by atoms with Crippen LogP contribution in [0.4, 0.5) is 0 Å². The van der Waals surface area contributed by atoms with E-state index in [0.29, 0.717) is 5.02 Å². The zero-order valence-corrected chi connectivity index (χ0v) is 11.0. The van der Waals surface area contributed by atoms with Crippen molar-refractivity contribution in [3.63, 3.8) is 0 Å². The highest BCUT2D eigenvalue weighted by Gasteiger charge is 2.20. The summed E-state index contributed by atoms with van der Waals surface area (Å²) in [6.07, 6.45) is 0. The molecule has 1 heterocycles. The van der Waals surface area contributed by atoms with Crippen LogP contribution in [0.15, 0.2) is 18.2 Å². The van der Waals surface area contributed by atoms with E-state index in [2.05, 4.69) is 7.05 Å². The second-order valence-electron chi connectivity index (χ2n) is 4.62. The van der Waals surface area contributed by atoms with Gasteiger partial charge in [-0.05, 0) is 12.1 Å². The van der Waals surface area contributed by atoms with Crippen LogP contribution in [0.3, 0.4) is 0 Å². The Morgan fingerprint density at radius 3 is 2.44 bits per heavy atom. The zero-order chi connectivity index (χ0) is 11.5. The Morgan fingerprint density at radius 2 is 1.81 bits per heavy atom. The molecular formula is C12H18Cl2N2+2. The van der Waals surface area contributed by atoms with Crippen LogP contribution in [0.1, 0.15) is 5.56 Å². The summed E-state index contributed by atoms with van der Waals surface area (Å²) in [5.74, 6) is 0. The standard InChI is InChI=1S/C12H16Cl2N2/c1-15-4-6-16(7-5-15)9-10-2-3-11(13)8-12(10)14/h2-3,8H,4-7,9H2,1H3/p+2. The maximum Gasteiger partial charge on any atom is 0.127 e. The van der Waals surface area contributed by atoms with Gasteiger partial charge < -0.3 is 9.80 Å². The predicted octanol–water partition coefficient (Wildman–Crippen LogP) is -0.0934. The van der Waals surface area contributed by atoms with Gasteiger partial charge in [-0.1, -0.05) is 29.3 Å². The number of rotatable bonds is 2. The summed E-state index contributed by atoms with van der Waals surface area (Å²) in [6.45, 7) is 5.97. The normalized spacial score (nSPS) is 25.7. The molecule has 16 heavy (non-hydrogen) atoms. The minimum absolute atomic E-state index is 0.714. The molecule has 1 aliphatic heterocycles. The second-order valence-corrected chi connectivity index (χ2v) is 5.46. The van der Waals surface area contributed by atoms with Crippen LogP contribution in [-0.4, -0.2) is 33.2 Å². The molecule has 0 radical (unpaired) electrons. The Kier molecular flexibility index (Phi) is 4.09. The van der Waals surface area contributed by atoms with E-state index in [1.54, 1.807) is 9.80 Å². The Bertz CT molecular complexity index is 360. The summed E-state index contributed by atoms with van der Waals surface area (Å²) in [5, 5.41) is 1.51. The summed E-state index contributed by atoms with van der Waals surface area (Å²) < 4.78 is 0. The van der Waals surface area contributed by atoms with Crippen molar-refractivity contribution in [3.8, 4) is 0 Å². The fourth-order valence-electron chi connectivity index (χ4n) is 2.14. The van der Waals surface area contributed by atoms with Crippen molar-refractivity contribution in [3.05, 3.63) is 33.8 Å². The third-order valence-corrected chi connectivity index (χ3v) is 3.85. The molecular weight excluding hydrogens is 243 g/mol. The molecule has 0 aromatic heterocycles. The fraction of sp³-hybridized carbons (Fsp3) is 0.500. The lowest BCUT2D eigenvalue weighted by Gasteiger charge is -2.27. The first-order valence-corrected chi connectivity index (χ1v) is 6.49. The molecule has 0 spiro atoms. The topological polar surface area (TPSA) is 8.88 Å². The molecule has 2 N–H and O–H groups in total. The molecule has 0 saturated carbocycles. The van der Waals surface area contributed by atoms with Gasteiger partial charge >= 0.3 is 0 Å².